The van der Waals surface area contributed by atoms with Crippen molar-refractivity contribution in [3.8, 4) is 0 Å². The molecule has 1 aromatic rings. The molecular weight excluding hydrogens is 258 g/mol. The lowest BCUT2D eigenvalue weighted by Gasteiger charge is -2.37. The first-order chi connectivity index (χ1) is 8.98. The Morgan fingerprint density at radius 2 is 1.85 bits per heavy atom. The number of rotatable bonds is 4. The van der Waals surface area contributed by atoms with E-state index >= 15 is 0 Å². The summed E-state index contributed by atoms with van der Waals surface area (Å²) in [6.45, 7) is 8.64. The molecule has 0 saturated heterocycles. The zero-order valence-electron chi connectivity index (χ0n) is 12.5. The summed E-state index contributed by atoms with van der Waals surface area (Å²) in [5, 5.41) is 13.6. The van der Waals surface area contributed by atoms with Crippen LogP contribution in [0.1, 0.15) is 33.3 Å². The van der Waals surface area contributed by atoms with Crippen LogP contribution in [-0.4, -0.2) is 16.4 Å². The second kappa shape index (κ2) is 5.20. The quantitative estimate of drug-likeness (QED) is 0.653. The van der Waals surface area contributed by atoms with Gasteiger partial charge in [-0.2, -0.15) is 0 Å². The molecule has 110 valence electrons. The van der Waals surface area contributed by atoms with E-state index in [9.17, 15) is 14.9 Å². The van der Waals surface area contributed by atoms with Crippen LogP contribution in [0.2, 0.25) is 0 Å². The minimum Gasteiger partial charge on any atom is -0.325 e. The van der Waals surface area contributed by atoms with E-state index in [1.54, 1.807) is 46.8 Å². The number of nitrogens with zero attached hydrogens (tertiary/aromatic N) is 1. The predicted molar refractivity (Wildman–Crippen MR) is 78.5 cm³/mol. The summed E-state index contributed by atoms with van der Waals surface area (Å²) >= 11 is 0. The zero-order valence-corrected chi connectivity index (χ0v) is 12.5. The SMILES string of the molecule is Cc1c(NC(=O)C(C)(C)C(C)(C)N)cccc1[N+](=O)[O-]. The number of carbonyl (C=O) groups excluding carboxylic acids is 1. The van der Waals surface area contributed by atoms with Crippen molar-refractivity contribution < 1.29 is 9.72 Å². The third-order valence-electron chi connectivity index (χ3n) is 3.93. The Morgan fingerprint density at radius 3 is 2.30 bits per heavy atom. The maximum atomic E-state index is 12.4. The number of anilines is 1. The molecule has 1 rings (SSSR count). The first-order valence-corrected chi connectivity index (χ1v) is 6.33. The summed E-state index contributed by atoms with van der Waals surface area (Å²) in [5.74, 6) is -0.270. The van der Waals surface area contributed by atoms with Gasteiger partial charge in [0.15, 0.2) is 0 Å². The molecule has 0 aromatic heterocycles. The number of nitrogens with one attached hydrogen (secondary N) is 1. The van der Waals surface area contributed by atoms with Gasteiger partial charge < -0.3 is 11.1 Å². The van der Waals surface area contributed by atoms with Crippen LogP contribution in [0, 0.1) is 22.5 Å². The van der Waals surface area contributed by atoms with Crippen molar-refractivity contribution in [2.45, 2.75) is 40.2 Å². The van der Waals surface area contributed by atoms with Crippen molar-refractivity contribution in [2.24, 2.45) is 11.1 Å². The second-order valence-electron chi connectivity index (χ2n) is 6.01. The average molecular weight is 279 g/mol. The molecule has 0 spiro atoms. The number of hydrogen-bond donors (Lipinski definition) is 2. The Bertz CT molecular complexity index is 545. The maximum absolute atomic E-state index is 12.4. The minimum atomic E-state index is -0.815. The van der Waals surface area contributed by atoms with E-state index in [1.807, 2.05) is 0 Å². The van der Waals surface area contributed by atoms with E-state index in [0.29, 0.717) is 11.3 Å². The Kier molecular flexibility index (Phi) is 4.19. The van der Waals surface area contributed by atoms with Crippen LogP contribution in [-0.2, 0) is 4.79 Å². The van der Waals surface area contributed by atoms with Crippen LogP contribution in [0.5, 0.6) is 0 Å². The molecule has 0 aliphatic carbocycles. The number of nitro groups is 1. The third kappa shape index (κ3) is 2.96. The highest BCUT2D eigenvalue weighted by Gasteiger charge is 2.40. The Labute approximate surface area is 118 Å². The lowest BCUT2D eigenvalue weighted by Crippen LogP contribution is -2.53. The second-order valence-corrected chi connectivity index (χ2v) is 6.01. The normalized spacial score (nSPS) is 12.1. The highest BCUT2D eigenvalue weighted by Crippen LogP contribution is 2.31. The van der Waals surface area contributed by atoms with Gasteiger partial charge in [-0.3, -0.25) is 14.9 Å². The standard InChI is InChI=1S/C14H21N3O3/c1-9-10(7-6-8-11(9)17(19)20)16-12(18)13(2,3)14(4,5)15/h6-8H,15H2,1-5H3,(H,16,18). The first kappa shape index (κ1) is 16.1. The fraction of sp³-hybridized carbons (Fsp3) is 0.500. The highest BCUT2D eigenvalue weighted by atomic mass is 16.6. The van der Waals surface area contributed by atoms with E-state index in [0.717, 1.165) is 0 Å². The summed E-state index contributed by atoms with van der Waals surface area (Å²) in [6.07, 6.45) is 0. The molecule has 20 heavy (non-hydrogen) atoms. The molecule has 1 aromatic carbocycles. The maximum Gasteiger partial charge on any atom is 0.274 e. The lowest BCUT2D eigenvalue weighted by atomic mass is 9.74. The fourth-order valence-electron chi connectivity index (χ4n) is 1.53. The van der Waals surface area contributed by atoms with Crippen LogP contribution >= 0.6 is 0 Å². The highest BCUT2D eigenvalue weighted by molar-refractivity contribution is 5.96. The zero-order chi connectivity index (χ0) is 15.7. The molecule has 0 heterocycles. The van der Waals surface area contributed by atoms with Crippen molar-refractivity contribution in [1.82, 2.24) is 0 Å². The molecule has 0 aliphatic rings. The van der Waals surface area contributed by atoms with E-state index in [2.05, 4.69) is 5.32 Å². The van der Waals surface area contributed by atoms with Crippen molar-refractivity contribution in [1.29, 1.82) is 0 Å². The first-order valence-electron chi connectivity index (χ1n) is 6.33. The van der Waals surface area contributed by atoms with Gasteiger partial charge in [0.25, 0.3) is 5.69 Å². The molecule has 0 fully saturated rings. The number of nitro benzene ring substituents is 1. The monoisotopic (exact) mass is 279 g/mol. The summed E-state index contributed by atoms with van der Waals surface area (Å²) in [5.41, 5.74) is 5.32. The molecule has 6 heteroatoms. The average Bonchev–Trinajstić information content (AvgIpc) is 2.29. The van der Waals surface area contributed by atoms with Crippen LogP contribution in [0.4, 0.5) is 11.4 Å². The molecule has 3 N–H and O–H groups in total. The number of benzene rings is 1. The third-order valence-corrected chi connectivity index (χ3v) is 3.93. The Balaban J connectivity index is 3.10. The van der Waals surface area contributed by atoms with Crippen LogP contribution < -0.4 is 11.1 Å². The fourth-order valence-corrected chi connectivity index (χ4v) is 1.53. The predicted octanol–water partition coefficient (Wildman–Crippen LogP) is 2.61. The topological polar surface area (TPSA) is 98.3 Å². The van der Waals surface area contributed by atoms with Gasteiger partial charge in [-0.05, 0) is 40.7 Å². The molecule has 6 nitrogen and oxygen atoms in total. The molecule has 0 unspecified atom stereocenters. The van der Waals surface area contributed by atoms with Gasteiger partial charge in [0, 0.05) is 11.6 Å². The molecule has 0 radical (unpaired) electrons. The smallest absolute Gasteiger partial charge is 0.274 e. The molecule has 0 atom stereocenters. The molecule has 1 amide bonds. The van der Waals surface area contributed by atoms with Crippen molar-refractivity contribution in [3.05, 3.63) is 33.9 Å². The number of carbonyl (C=O) groups is 1. The van der Waals surface area contributed by atoms with Gasteiger partial charge in [0.05, 0.1) is 21.6 Å². The van der Waals surface area contributed by atoms with E-state index < -0.39 is 15.9 Å². The number of amides is 1. The van der Waals surface area contributed by atoms with Crippen LogP contribution in [0.25, 0.3) is 0 Å². The van der Waals surface area contributed by atoms with Crippen molar-refractivity contribution in [3.63, 3.8) is 0 Å². The van der Waals surface area contributed by atoms with Crippen molar-refractivity contribution in [2.75, 3.05) is 5.32 Å². The van der Waals surface area contributed by atoms with E-state index in [4.69, 9.17) is 5.73 Å². The van der Waals surface area contributed by atoms with Gasteiger partial charge >= 0.3 is 0 Å². The van der Waals surface area contributed by atoms with Crippen LogP contribution in [0.15, 0.2) is 18.2 Å². The number of hydrogen-bond acceptors (Lipinski definition) is 4. The lowest BCUT2D eigenvalue weighted by molar-refractivity contribution is -0.385. The van der Waals surface area contributed by atoms with Gasteiger partial charge in [-0.15, -0.1) is 0 Å². The molecule has 0 saturated carbocycles. The summed E-state index contributed by atoms with van der Waals surface area (Å²) in [7, 11) is 0. The summed E-state index contributed by atoms with van der Waals surface area (Å²) < 4.78 is 0. The van der Waals surface area contributed by atoms with E-state index in [1.165, 1.54) is 6.07 Å². The van der Waals surface area contributed by atoms with Crippen LogP contribution in [0.3, 0.4) is 0 Å². The Morgan fingerprint density at radius 1 is 1.30 bits per heavy atom. The van der Waals surface area contributed by atoms with Gasteiger partial charge in [-0.25, -0.2) is 0 Å². The summed E-state index contributed by atoms with van der Waals surface area (Å²) in [6, 6.07) is 4.59. The molecule has 0 bridgehead atoms. The number of nitrogens with two attached hydrogens (primary N) is 1. The largest absolute Gasteiger partial charge is 0.325 e. The van der Waals surface area contributed by atoms with Crippen molar-refractivity contribution >= 4 is 17.3 Å². The van der Waals surface area contributed by atoms with Gasteiger partial charge in [-0.1, -0.05) is 6.07 Å². The molecular formula is C14H21N3O3. The van der Waals surface area contributed by atoms with Gasteiger partial charge in [0.2, 0.25) is 5.91 Å². The Hall–Kier alpha value is -1.95. The van der Waals surface area contributed by atoms with Gasteiger partial charge in [0.1, 0.15) is 0 Å². The summed E-state index contributed by atoms with van der Waals surface area (Å²) in [4.78, 5) is 22.8. The van der Waals surface area contributed by atoms with E-state index in [-0.39, 0.29) is 11.6 Å². The minimum absolute atomic E-state index is 0.0207. The molecule has 0 aliphatic heterocycles.